The molecule has 0 radical (unpaired) electrons. The third-order valence-corrected chi connectivity index (χ3v) is 4.71. The number of rotatable bonds is 5. The molecular weight excluding hydrogens is 316 g/mol. The number of sulfonamides is 1. The van der Waals surface area contributed by atoms with Crippen molar-refractivity contribution in [3.05, 3.63) is 29.8 Å². The van der Waals surface area contributed by atoms with E-state index in [0.29, 0.717) is 12.5 Å². The Morgan fingerprint density at radius 2 is 2.24 bits per heavy atom. The molecule has 1 heterocycles. The first-order chi connectivity index (χ1) is 9.53. The Morgan fingerprint density at radius 3 is 2.86 bits per heavy atom. The molecule has 1 aromatic carbocycles. The molecule has 0 bridgehead atoms. The molecule has 6 nitrogen and oxygen atoms in total. The number of methoxy groups -OCH3 is 1. The van der Waals surface area contributed by atoms with Crippen LogP contribution in [-0.4, -0.2) is 41.1 Å². The number of ether oxygens (including phenoxy) is 1. The highest BCUT2D eigenvalue weighted by molar-refractivity contribution is 7.89. The molecule has 1 aliphatic rings. The van der Waals surface area contributed by atoms with E-state index in [2.05, 4.69) is 14.8 Å². The van der Waals surface area contributed by atoms with Crippen LogP contribution in [0.25, 0.3) is 0 Å². The van der Waals surface area contributed by atoms with Gasteiger partial charge in [-0.05, 0) is 43.6 Å². The minimum absolute atomic E-state index is 0. The lowest BCUT2D eigenvalue weighted by Gasteiger charge is -2.11. The van der Waals surface area contributed by atoms with Crippen molar-refractivity contribution in [2.75, 3.05) is 26.7 Å². The molecule has 0 saturated carbocycles. The number of halogens is 1. The fraction of sp³-hybridized carbons (Fsp3) is 0.462. The molecule has 1 fully saturated rings. The van der Waals surface area contributed by atoms with Gasteiger partial charge in [0, 0.05) is 6.54 Å². The van der Waals surface area contributed by atoms with E-state index < -0.39 is 16.0 Å². The van der Waals surface area contributed by atoms with E-state index in [1.165, 1.54) is 31.4 Å². The summed E-state index contributed by atoms with van der Waals surface area (Å²) in [4.78, 5) is 11.5. The Balaban J connectivity index is 0.00000220. The van der Waals surface area contributed by atoms with Gasteiger partial charge in [-0.1, -0.05) is 6.07 Å². The highest BCUT2D eigenvalue weighted by Crippen LogP contribution is 2.13. The molecule has 118 valence electrons. The Bertz CT molecular complexity index is 586. The maximum absolute atomic E-state index is 12.2. The second-order valence-corrected chi connectivity index (χ2v) is 6.50. The van der Waals surface area contributed by atoms with Crippen LogP contribution in [-0.2, 0) is 14.8 Å². The van der Waals surface area contributed by atoms with Crippen molar-refractivity contribution in [2.45, 2.75) is 11.3 Å². The molecule has 1 unspecified atom stereocenters. The summed E-state index contributed by atoms with van der Waals surface area (Å²) in [6.45, 7) is 2.15. The normalized spacial score (nSPS) is 18.0. The van der Waals surface area contributed by atoms with Gasteiger partial charge in [-0.3, -0.25) is 0 Å². The first kappa shape index (κ1) is 17.9. The van der Waals surface area contributed by atoms with E-state index in [-0.39, 0.29) is 22.9 Å². The summed E-state index contributed by atoms with van der Waals surface area (Å²) in [5.74, 6) is -0.240. The lowest BCUT2D eigenvalue weighted by atomic mass is 10.1. The van der Waals surface area contributed by atoms with Crippen molar-refractivity contribution < 1.29 is 17.9 Å². The van der Waals surface area contributed by atoms with E-state index in [0.717, 1.165) is 19.5 Å². The first-order valence-corrected chi connectivity index (χ1v) is 7.90. The van der Waals surface area contributed by atoms with Crippen LogP contribution in [0.1, 0.15) is 16.8 Å². The zero-order valence-corrected chi connectivity index (χ0v) is 13.3. The van der Waals surface area contributed by atoms with E-state index >= 15 is 0 Å². The van der Waals surface area contributed by atoms with Gasteiger partial charge in [-0.2, -0.15) is 0 Å². The Hall–Kier alpha value is -1.15. The topological polar surface area (TPSA) is 84.5 Å². The number of carbonyl (C=O) groups is 1. The Morgan fingerprint density at radius 1 is 1.48 bits per heavy atom. The Kier molecular flexibility index (Phi) is 6.60. The van der Waals surface area contributed by atoms with E-state index in [9.17, 15) is 13.2 Å². The quantitative estimate of drug-likeness (QED) is 0.777. The number of nitrogens with one attached hydrogen (secondary N) is 2. The predicted molar refractivity (Wildman–Crippen MR) is 81.2 cm³/mol. The first-order valence-electron chi connectivity index (χ1n) is 6.41. The van der Waals surface area contributed by atoms with Crippen LogP contribution in [0.4, 0.5) is 0 Å². The van der Waals surface area contributed by atoms with E-state index in [1.807, 2.05) is 0 Å². The second-order valence-electron chi connectivity index (χ2n) is 4.73. The van der Waals surface area contributed by atoms with Crippen molar-refractivity contribution in [2.24, 2.45) is 5.92 Å². The average Bonchev–Trinajstić information content (AvgIpc) is 2.98. The minimum Gasteiger partial charge on any atom is -0.465 e. The van der Waals surface area contributed by atoms with Crippen LogP contribution < -0.4 is 10.0 Å². The molecule has 0 aromatic heterocycles. The maximum Gasteiger partial charge on any atom is 0.337 e. The highest BCUT2D eigenvalue weighted by atomic mass is 35.5. The average molecular weight is 335 g/mol. The van der Waals surface area contributed by atoms with Crippen molar-refractivity contribution in [3.63, 3.8) is 0 Å². The summed E-state index contributed by atoms with van der Waals surface area (Å²) >= 11 is 0. The third-order valence-electron chi connectivity index (χ3n) is 3.29. The highest BCUT2D eigenvalue weighted by Gasteiger charge is 2.20. The van der Waals surface area contributed by atoms with Crippen LogP contribution in [0.15, 0.2) is 29.2 Å². The van der Waals surface area contributed by atoms with Crippen LogP contribution in [0.2, 0.25) is 0 Å². The van der Waals surface area contributed by atoms with Crippen LogP contribution in [0.5, 0.6) is 0 Å². The summed E-state index contributed by atoms with van der Waals surface area (Å²) in [5.41, 5.74) is 0.220. The number of hydrogen-bond acceptors (Lipinski definition) is 5. The molecule has 1 saturated heterocycles. The van der Waals surface area contributed by atoms with E-state index in [1.54, 1.807) is 0 Å². The molecule has 8 heteroatoms. The number of hydrogen-bond donors (Lipinski definition) is 2. The Labute approximate surface area is 130 Å². The SMILES string of the molecule is COC(=O)c1cccc(S(=O)(=O)NCC2CCNC2)c1.Cl. The molecule has 0 amide bonds. The van der Waals surface area contributed by atoms with E-state index in [4.69, 9.17) is 0 Å². The number of carbonyl (C=O) groups excluding carboxylic acids is 1. The van der Waals surface area contributed by atoms with Gasteiger partial charge in [-0.15, -0.1) is 12.4 Å². The molecule has 1 atom stereocenters. The summed E-state index contributed by atoms with van der Waals surface area (Å²) < 4.78 is 31.5. The van der Waals surface area contributed by atoms with Crippen molar-refractivity contribution >= 4 is 28.4 Å². The molecule has 1 aromatic rings. The lowest BCUT2D eigenvalue weighted by Crippen LogP contribution is -2.30. The molecule has 0 spiro atoms. The second kappa shape index (κ2) is 7.74. The van der Waals surface area contributed by atoms with Crippen molar-refractivity contribution in [3.8, 4) is 0 Å². The standard InChI is InChI=1S/C13H18N2O4S.ClH/c1-19-13(16)11-3-2-4-12(7-11)20(17,18)15-9-10-5-6-14-8-10;/h2-4,7,10,14-15H,5-6,8-9H2,1H3;1H. The molecule has 2 N–H and O–H groups in total. The van der Waals surface area contributed by atoms with Gasteiger partial charge in [0.05, 0.1) is 17.6 Å². The lowest BCUT2D eigenvalue weighted by molar-refractivity contribution is 0.0600. The third kappa shape index (κ3) is 4.67. The molecule has 1 aliphatic heterocycles. The fourth-order valence-corrected chi connectivity index (χ4v) is 3.27. The van der Waals surface area contributed by atoms with Crippen LogP contribution >= 0.6 is 12.4 Å². The van der Waals surface area contributed by atoms with Gasteiger partial charge in [0.15, 0.2) is 0 Å². The van der Waals surface area contributed by atoms with Gasteiger partial charge >= 0.3 is 5.97 Å². The summed E-state index contributed by atoms with van der Waals surface area (Å²) in [6.07, 6.45) is 0.963. The maximum atomic E-state index is 12.2. The minimum atomic E-state index is -3.60. The zero-order valence-electron chi connectivity index (χ0n) is 11.7. The van der Waals surface area contributed by atoms with Gasteiger partial charge in [0.25, 0.3) is 0 Å². The summed E-state index contributed by atoms with van der Waals surface area (Å²) in [7, 11) is -2.34. The fourth-order valence-electron chi connectivity index (χ4n) is 2.11. The zero-order chi connectivity index (χ0) is 14.6. The largest absolute Gasteiger partial charge is 0.465 e. The molecule has 21 heavy (non-hydrogen) atoms. The number of benzene rings is 1. The summed E-state index contributed by atoms with van der Waals surface area (Å²) in [6, 6.07) is 5.83. The molecule has 2 rings (SSSR count). The monoisotopic (exact) mass is 334 g/mol. The van der Waals surface area contributed by atoms with Crippen LogP contribution in [0.3, 0.4) is 0 Å². The van der Waals surface area contributed by atoms with Gasteiger partial charge < -0.3 is 10.1 Å². The van der Waals surface area contributed by atoms with Gasteiger partial charge in [0.1, 0.15) is 0 Å². The van der Waals surface area contributed by atoms with Gasteiger partial charge in [-0.25, -0.2) is 17.9 Å². The molecular formula is C13H19ClN2O4S. The van der Waals surface area contributed by atoms with Crippen molar-refractivity contribution in [1.82, 2.24) is 10.0 Å². The predicted octanol–water partition coefficient (Wildman–Crippen LogP) is 0.783. The van der Waals surface area contributed by atoms with Gasteiger partial charge in [0.2, 0.25) is 10.0 Å². The van der Waals surface area contributed by atoms with Crippen molar-refractivity contribution in [1.29, 1.82) is 0 Å². The number of esters is 1. The molecule has 0 aliphatic carbocycles. The smallest absolute Gasteiger partial charge is 0.337 e. The summed E-state index contributed by atoms with van der Waals surface area (Å²) in [5, 5.41) is 3.18. The van der Waals surface area contributed by atoms with Crippen LogP contribution in [0, 0.1) is 5.92 Å².